The Labute approximate surface area is 156 Å². The van der Waals surface area contributed by atoms with E-state index in [9.17, 15) is 4.79 Å². The number of aromatic amines is 1. The van der Waals surface area contributed by atoms with E-state index in [1.165, 1.54) is 0 Å². The van der Waals surface area contributed by atoms with Crippen LogP contribution in [0.25, 0.3) is 28.0 Å². The molecule has 2 aromatic heterocycles. The van der Waals surface area contributed by atoms with Gasteiger partial charge in [0.1, 0.15) is 5.75 Å². The molecule has 1 aliphatic carbocycles. The Morgan fingerprint density at radius 2 is 1.78 bits per heavy atom. The van der Waals surface area contributed by atoms with Crippen molar-refractivity contribution in [2.75, 3.05) is 7.11 Å². The molecule has 5 heteroatoms. The zero-order valence-corrected chi connectivity index (χ0v) is 15.0. The summed E-state index contributed by atoms with van der Waals surface area (Å²) in [5.74, 6) is 1.25. The van der Waals surface area contributed by atoms with Gasteiger partial charge in [-0.15, -0.1) is 0 Å². The monoisotopic (exact) mass is 357 g/mol. The van der Waals surface area contributed by atoms with Gasteiger partial charge < -0.3 is 4.74 Å². The summed E-state index contributed by atoms with van der Waals surface area (Å²) in [6.45, 7) is 0. The SMILES string of the molecule is COc1ccc(-c2cc(=O)n3[nH]c(C4CC4)c(-c4ccccc4)c3n2)cc1. The Balaban J connectivity index is 1.75. The van der Waals surface area contributed by atoms with Gasteiger partial charge in [0.25, 0.3) is 5.56 Å². The fourth-order valence-electron chi connectivity index (χ4n) is 3.52. The van der Waals surface area contributed by atoms with Crippen molar-refractivity contribution in [3.8, 4) is 28.1 Å². The van der Waals surface area contributed by atoms with E-state index in [2.05, 4.69) is 17.2 Å². The zero-order chi connectivity index (χ0) is 18.4. The van der Waals surface area contributed by atoms with Gasteiger partial charge in [-0.1, -0.05) is 30.3 Å². The van der Waals surface area contributed by atoms with Crippen molar-refractivity contribution in [3.63, 3.8) is 0 Å². The maximum absolute atomic E-state index is 12.8. The molecule has 1 N–H and O–H groups in total. The second-order valence-electron chi connectivity index (χ2n) is 6.91. The number of rotatable bonds is 4. The highest BCUT2D eigenvalue weighted by Gasteiger charge is 2.30. The number of aromatic nitrogens is 3. The maximum Gasteiger partial charge on any atom is 0.273 e. The molecule has 2 aromatic carbocycles. The molecule has 5 nitrogen and oxygen atoms in total. The third-order valence-electron chi connectivity index (χ3n) is 5.08. The first-order chi connectivity index (χ1) is 13.2. The normalized spacial score (nSPS) is 13.8. The first kappa shape index (κ1) is 15.9. The second kappa shape index (κ2) is 6.13. The number of nitrogens with one attached hydrogen (secondary N) is 1. The second-order valence-corrected chi connectivity index (χ2v) is 6.91. The molecular weight excluding hydrogens is 338 g/mol. The van der Waals surface area contributed by atoms with Crippen molar-refractivity contribution >= 4 is 5.65 Å². The number of benzene rings is 2. The maximum atomic E-state index is 12.8. The quantitative estimate of drug-likeness (QED) is 0.594. The van der Waals surface area contributed by atoms with E-state index in [4.69, 9.17) is 9.72 Å². The number of H-pyrrole nitrogens is 1. The van der Waals surface area contributed by atoms with Crippen LogP contribution in [0.3, 0.4) is 0 Å². The van der Waals surface area contributed by atoms with Crippen LogP contribution in [-0.4, -0.2) is 21.7 Å². The minimum atomic E-state index is -0.102. The lowest BCUT2D eigenvalue weighted by molar-refractivity contribution is 0.415. The van der Waals surface area contributed by atoms with Crippen LogP contribution in [0.4, 0.5) is 0 Å². The molecule has 2 heterocycles. The first-order valence-electron chi connectivity index (χ1n) is 9.10. The number of hydrogen-bond donors (Lipinski definition) is 1. The van der Waals surface area contributed by atoms with Crippen molar-refractivity contribution in [2.24, 2.45) is 0 Å². The van der Waals surface area contributed by atoms with Gasteiger partial charge in [0.15, 0.2) is 5.65 Å². The van der Waals surface area contributed by atoms with Crippen molar-refractivity contribution < 1.29 is 4.74 Å². The van der Waals surface area contributed by atoms with Crippen molar-refractivity contribution in [1.29, 1.82) is 0 Å². The molecular formula is C22H19N3O2. The molecule has 0 radical (unpaired) electrons. The smallest absolute Gasteiger partial charge is 0.273 e. The van der Waals surface area contributed by atoms with Crippen LogP contribution < -0.4 is 10.3 Å². The van der Waals surface area contributed by atoms with Gasteiger partial charge in [0.2, 0.25) is 0 Å². The number of hydrogen-bond acceptors (Lipinski definition) is 3. The van der Waals surface area contributed by atoms with Gasteiger partial charge in [-0.05, 0) is 42.7 Å². The predicted molar refractivity (Wildman–Crippen MR) is 105 cm³/mol. The molecule has 0 unspecified atom stereocenters. The summed E-state index contributed by atoms with van der Waals surface area (Å²) in [6.07, 6.45) is 2.29. The molecule has 1 aliphatic rings. The average molecular weight is 357 g/mol. The lowest BCUT2D eigenvalue weighted by Gasteiger charge is -2.05. The Kier molecular flexibility index (Phi) is 3.60. The third-order valence-corrected chi connectivity index (χ3v) is 5.08. The van der Waals surface area contributed by atoms with E-state index in [-0.39, 0.29) is 5.56 Å². The van der Waals surface area contributed by atoms with Crippen LogP contribution in [0, 0.1) is 0 Å². The summed E-state index contributed by atoms with van der Waals surface area (Å²) in [5.41, 5.74) is 5.36. The average Bonchev–Trinajstić information content (AvgIpc) is 3.49. The number of fused-ring (bicyclic) bond motifs is 1. The lowest BCUT2D eigenvalue weighted by Crippen LogP contribution is -2.14. The Bertz CT molecular complexity index is 1170. The summed E-state index contributed by atoms with van der Waals surface area (Å²) in [5, 5.41) is 3.31. The fraction of sp³-hybridized carbons (Fsp3) is 0.182. The molecule has 27 heavy (non-hydrogen) atoms. The van der Waals surface area contributed by atoms with Crippen molar-refractivity contribution in [2.45, 2.75) is 18.8 Å². The Morgan fingerprint density at radius 1 is 1.04 bits per heavy atom. The molecule has 0 saturated heterocycles. The van der Waals surface area contributed by atoms with E-state index in [1.807, 2.05) is 42.5 Å². The first-order valence-corrected chi connectivity index (χ1v) is 9.10. The Hall–Kier alpha value is -3.34. The zero-order valence-electron chi connectivity index (χ0n) is 15.0. The van der Waals surface area contributed by atoms with E-state index in [0.29, 0.717) is 17.3 Å². The van der Waals surface area contributed by atoms with E-state index < -0.39 is 0 Å². The summed E-state index contributed by atoms with van der Waals surface area (Å²) < 4.78 is 6.79. The molecule has 0 atom stereocenters. The van der Waals surface area contributed by atoms with Crippen LogP contribution in [0.5, 0.6) is 5.75 Å². The fourth-order valence-corrected chi connectivity index (χ4v) is 3.52. The van der Waals surface area contributed by atoms with E-state index in [1.54, 1.807) is 17.7 Å². The predicted octanol–water partition coefficient (Wildman–Crippen LogP) is 4.24. The highest BCUT2D eigenvalue weighted by molar-refractivity contribution is 5.82. The van der Waals surface area contributed by atoms with Gasteiger partial charge in [0.05, 0.1) is 12.8 Å². The Morgan fingerprint density at radius 3 is 2.44 bits per heavy atom. The summed E-state index contributed by atoms with van der Waals surface area (Å²) >= 11 is 0. The molecule has 134 valence electrons. The highest BCUT2D eigenvalue weighted by Crippen LogP contribution is 2.44. The summed E-state index contributed by atoms with van der Waals surface area (Å²) in [6, 6.07) is 19.4. The van der Waals surface area contributed by atoms with Gasteiger partial charge >= 0.3 is 0 Å². The third kappa shape index (κ3) is 2.72. The van der Waals surface area contributed by atoms with Gasteiger partial charge in [-0.3, -0.25) is 9.89 Å². The van der Waals surface area contributed by atoms with Gasteiger partial charge in [0, 0.05) is 28.8 Å². The standard InChI is InChI=1S/C22H19N3O2/c1-27-17-11-9-14(10-12-17)18-13-19(26)25-22(23-18)20(15-5-3-2-4-6-15)21(24-25)16-7-8-16/h2-6,9-13,16,24H,7-8H2,1H3. The minimum absolute atomic E-state index is 0.102. The molecule has 0 bridgehead atoms. The summed E-state index contributed by atoms with van der Waals surface area (Å²) in [4.78, 5) is 17.7. The highest BCUT2D eigenvalue weighted by atomic mass is 16.5. The molecule has 0 aliphatic heterocycles. The van der Waals surface area contributed by atoms with Gasteiger partial charge in [-0.2, -0.15) is 0 Å². The van der Waals surface area contributed by atoms with E-state index >= 15 is 0 Å². The minimum Gasteiger partial charge on any atom is -0.497 e. The van der Waals surface area contributed by atoms with Crippen LogP contribution in [0.2, 0.25) is 0 Å². The van der Waals surface area contributed by atoms with Crippen LogP contribution >= 0.6 is 0 Å². The van der Waals surface area contributed by atoms with Crippen LogP contribution in [0.1, 0.15) is 24.5 Å². The molecule has 1 fully saturated rings. The number of methoxy groups -OCH3 is 1. The molecule has 0 spiro atoms. The number of nitrogens with zero attached hydrogens (tertiary/aromatic N) is 2. The topological polar surface area (TPSA) is 59.4 Å². The van der Waals surface area contributed by atoms with Crippen molar-refractivity contribution in [1.82, 2.24) is 14.6 Å². The van der Waals surface area contributed by atoms with Crippen LogP contribution in [0.15, 0.2) is 65.5 Å². The van der Waals surface area contributed by atoms with Crippen LogP contribution in [-0.2, 0) is 0 Å². The van der Waals surface area contributed by atoms with E-state index in [0.717, 1.165) is 41.0 Å². The molecule has 1 saturated carbocycles. The number of ether oxygens (including phenoxy) is 1. The lowest BCUT2D eigenvalue weighted by atomic mass is 10.0. The molecule has 4 aromatic rings. The summed E-state index contributed by atoms with van der Waals surface area (Å²) in [7, 11) is 1.64. The molecule has 5 rings (SSSR count). The molecule has 0 amide bonds. The largest absolute Gasteiger partial charge is 0.497 e. The van der Waals surface area contributed by atoms with Gasteiger partial charge in [-0.25, -0.2) is 9.50 Å². The van der Waals surface area contributed by atoms with Crippen molar-refractivity contribution in [3.05, 3.63) is 76.7 Å².